The zero-order valence-electron chi connectivity index (χ0n) is 12.3. The first-order valence-corrected chi connectivity index (χ1v) is 7.59. The Morgan fingerprint density at radius 2 is 2.19 bits per heavy atom. The van der Waals surface area contributed by atoms with E-state index in [9.17, 15) is 9.18 Å². The molecule has 3 heterocycles. The van der Waals surface area contributed by atoms with Gasteiger partial charge in [-0.15, -0.1) is 0 Å². The molecule has 0 aromatic carbocycles. The van der Waals surface area contributed by atoms with Crippen LogP contribution >= 0.6 is 0 Å². The lowest BCUT2D eigenvalue weighted by molar-refractivity contribution is -0.142. The van der Waals surface area contributed by atoms with Crippen LogP contribution in [0, 0.1) is 17.2 Å². The van der Waals surface area contributed by atoms with Crippen molar-refractivity contribution in [2.75, 3.05) is 6.54 Å². The number of ether oxygens (including phenoxy) is 1. The Balaban J connectivity index is 1.69. The van der Waals surface area contributed by atoms with Gasteiger partial charge >= 0.3 is 0 Å². The van der Waals surface area contributed by atoms with Crippen LogP contribution in [0.2, 0.25) is 0 Å². The van der Waals surface area contributed by atoms with Crippen LogP contribution in [0.25, 0.3) is 0 Å². The lowest BCUT2D eigenvalue weighted by Crippen LogP contribution is -2.42. The number of pyridine rings is 1. The Labute approximate surface area is 123 Å². The quantitative estimate of drug-likeness (QED) is 0.841. The minimum atomic E-state index is -0.432. The fourth-order valence-electron chi connectivity index (χ4n) is 3.72. The van der Waals surface area contributed by atoms with Gasteiger partial charge < -0.3 is 9.64 Å². The number of nitrogens with zero attached hydrogens (tertiary/aromatic N) is 2. The van der Waals surface area contributed by atoms with Crippen LogP contribution in [0.1, 0.15) is 44.7 Å². The molecule has 5 heteroatoms. The van der Waals surface area contributed by atoms with Crippen molar-refractivity contribution in [1.82, 2.24) is 9.88 Å². The first-order valence-electron chi connectivity index (χ1n) is 7.59. The molecule has 1 aliphatic carbocycles. The van der Waals surface area contributed by atoms with E-state index in [1.165, 1.54) is 6.20 Å². The molecule has 2 bridgehead atoms. The van der Waals surface area contributed by atoms with Crippen LogP contribution in [-0.2, 0) is 4.79 Å². The summed E-state index contributed by atoms with van der Waals surface area (Å²) >= 11 is 0. The highest BCUT2D eigenvalue weighted by atomic mass is 19.1. The molecule has 0 spiro atoms. The monoisotopic (exact) mass is 290 g/mol. The second-order valence-corrected chi connectivity index (χ2v) is 6.98. The summed E-state index contributed by atoms with van der Waals surface area (Å²) < 4.78 is 19.6. The predicted molar refractivity (Wildman–Crippen MR) is 74.2 cm³/mol. The van der Waals surface area contributed by atoms with E-state index in [4.69, 9.17) is 4.74 Å². The molecule has 21 heavy (non-hydrogen) atoms. The Kier molecular flexibility index (Phi) is 2.60. The number of hydrogen-bond acceptors (Lipinski definition) is 3. The maximum Gasteiger partial charge on any atom is 0.229 e. The molecule has 3 aliphatic rings. The average molecular weight is 290 g/mol. The molecule has 1 aromatic heterocycles. The number of fused-ring (bicyclic) bond motifs is 4. The summed E-state index contributed by atoms with van der Waals surface area (Å²) in [6.07, 6.45) is 5.70. The van der Waals surface area contributed by atoms with Gasteiger partial charge in [0.2, 0.25) is 5.91 Å². The molecular formula is C16H19FN2O2. The predicted octanol–water partition coefficient (Wildman–Crippen LogP) is 2.69. The van der Waals surface area contributed by atoms with E-state index in [-0.39, 0.29) is 29.2 Å². The Hall–Kier alpha value is -1.65. The van der Waals surface area contributed by atoms with Gasteiger partial charge in [-0.2, -0.15) is 0 Å². The standard InChI is InChI=1S/C16H19FN2O2/c1-16(2,9-3-4-9)15(20)19-8-10-5-13(19)11-6-18-7-12(17)14(11)21-10/h6-7,9-10,13H,3-5,8H2,1-2H3/t10-,13-/m0/s1. The normalized spacial score (nSPS) is 27.3. The number of amides is 1. The van der Waals surface area contributed by atoms with Crippen LogP contribution in [0.4, 0.5) is 4.39 Å². The topological polar surface area (TPSA) is 42.4 Å². The highest BCUT2D eigenvalue weighted by molar-refractivity contribution is 5.83. The van der Waals surface area contributed by atoms with E-state index in [0.717, 1.165) is 19.3 Å². The van der Waals surface area contributed by atoms with Gasteiger partial charge in [-0.25, -0.2) is 4.39 Å². The van der Waals surface area contributed by atoms with Crippen molar-refractivity contribution in [2.45, 2.75) is 45.3 Å². The SMILES string of the molecule is CC(C)(C(=O)N1C[C@@H]2C[C@H]1c1cncc(F)c1O2)C1CC1. The fourth-order valence-corrected chi connectivity index (χ4v) is 3.72. The maximum atomic E-state index is 13.9. The summed E-state index contributed by atoms with van der Waals surface area (Å²) in [6, 6.07) is -0.0903. The van der Waals surface area contributed by atoms with Crippen LogP contribution in [0.5, 0.6) is 5.75 Å². The third-order valence-corrected chi connectivity index (χ3v) is 5.20. The zero-order valence-corrected chi connectivity index (χ0v) is 12.3. The zero-order chi connectivity index (χ0) is 14.8. The molecule has 0 unspecified atom stereocenters. The lowest BCUT2D eigenvalue weighted by Gasteiger charge is -2.33. The van der Waals surface area contributed by atoms with Crippen LogP contribution in [0.15, 0.2) is 12.4 Å². The van der Waals surface area contributed by atoms with Crippen molar-refractivity contribution < 1.29 is 13.9 Å². The minimum Gasteiger partial charge on any atom is -0.485 e. The number of carbonyl (C=O) groups excluding carboxylic acids is 1. The van der Waals surface area contributed by atoms with Gasteiger partial charge in [0.25, 0.3) is 0 Å². The molecule has 1 saturated heterocycles. The summed E-state index contributed by atoms with van der Waals surface area (Å²) in [7, 11) is 0. The molecule has 1 aromatic rings. The first-order chi connectivity index (χ1) is 9.98. The maximum absolute atomic E-state index is 13.9. The molecule has 1 saturated carbocycles. The van der Waals surface area contributed by atoms with E-state index >= 15 is 0 Å². The third-order valence-electron chi connectivity index (χ3n) is 5.20. The van der Waals surface area contributed by atoms with Gasteiger partial charge in [0.1, 0.15) is 6.10 Å². The highest BCUT2D eigenvalue weighted by Gasteiger charge is 2.51. The Morgan fingerprint density at radius 1 is 1.43 bits per heavy atom. The van der Waals surface area contributed by atoms with Gasteiger partial charge in [0, 0.05) is 23.6 Å². The smallest absolute Gasteiger partial charge is 0.229 e. The fraction of sp³-hybridized carbons (Fsp3) is 0.625. The highest BCUT2D eigenvalue weighted by Crippen LogP contribution is 2.50. The molecule has 0 radical (unpaired) electrons. The lowest BCUT2D eigenvalue weighted by atomic mass is 9.85. The Morgan fingerprint density at radius 3 is 2.90 bits per heavy atom. The largest absolute Gasteiger partial charge is 0.485 e. The number of hydrogen-bond donors (Lipinski definition) is 0. The second kappa shape index (κ2) is 4.18. The third kappa shape index (κ3) is 1.86. The molecule has 112 valence electrons. The molecule has 1 amide bonds. The Bertz CT molecular complexity index is 612. The van der Waals surface area contributed by atoms with E-state index < -0.39 is 5.82 Å². The van der Waals surface area contributed by atoms with Gasteiger partial charge in [0.15, 0.2) is 11.6 Å². The molecule has 0 N–H and O–H groups in total. The first kappa shape index (κ1) is 13.0. The van der Waals surface area contributed by atoms with Gasteiger partial charge in [-0.1, -0.05) is 13.8 Å². The number of halogens is 1. The summed E-state index contributed by atoms with van der Waals surface area (Å²) in [6.45, 7) is 4.61. The van der Waals surface area contributed by atoms with Crippen molar-refractivity contribution in [1.29, 1.82) is 0 Å². The van der Waals surface area contributed by atoms with E-state index in [0.29, 0.717) is 18.0 Å². The molecule has 4 rings (SSSR count). The van der Waals surface area contributed by atoms with Gasteiger partial charge in [-0.3, -0.25) is 9.78 Å². The van der Waals surface area contributed by atoms with Crippen molar-refractivity contribution in [3.8, 4) is 5.75 Å². The molecule has 2 aliphatic heterocycles. The second-order valence-electron chi connectivity index (χ2n) is 6.98. The molecule has 4 nitrogen and oxygen atoms in total. The molecule has 2 atom stereocenters. The number of likely N-dealkylation sites (tertiary alicyclic amines) is 1. The average Bonchev–Trinajstić information content (AvgIpc) is 3.25. The van der Waals surface area contributed by atoms with E-state index in [1.54, 1.807) is 6.20 Å². The van der Waals surface area contributed by atoms with Crippen LogP contribution in [0.3, 0.4) is 0 Å². The van der Waals surface area contributed by atoms with Crippen molar-refractivity contribution in [2.24, 2.45) is 11.3 Å². The van der Waals surface area contributed by atoms with Gasteiger partial charge in [0.05, 0.1) is 18.8 Å². The van der Waals surface area contributed by atoms with Crippen molar-refractivity contribution >= 4 is 5.91 Å². The molecule has 2 fully saturated rings. The van der Waals surface area contributed by atoms with Crippen molar-refractivity contribution in [3.63, 3.8) is 0 Å². The van der Waals surface area contributed by atoms with Crippen LogP contribution in [-0.4, -0.2) is 28.4 Å². The number of aromatic nitrogens is 1. The summed E-state index contributed by atoms with van der Waals surface area (Å²) in [5.74, 6) is 0.499. The minimum absolute atomic E-state index is 0.0903. The van der Waals surface area contributed by atoms with E-state index in [2.05, 4.69) is 4.98 Å². The summed E-state index contributed by atoms with van der Waals surface area (Å²) in [5, 5.41) is 0. The van der Waals surface area contributed by atoms with Gasteiger partial charge in [-0.05, 0) is 18.8 Å². The number of rotatable bonds is 2. The number of carbonyl (C=O) groups is 1. The van der Waals surface area contributed by atoms with E-state index in [1.807, 2.05) is 18.7 Å². The summed E-state index contributed by atoms with van der Waals surface area (Å²) in [5.41, 5.74) is 0.377. The molecular weight excluding hydrogens is 271 g/mol. The van der Waals surface area contributed by atoms with Crippen molar-refractivity contribution in [3.05, 3.63) is 23.8 Å². The summed E-state index contributed by atoms with van der Waals surface area (Å²) in [4.78, 5) is 18.8. The van der Waals surface area contributed by atoms with Crippen LogP contribution < -0.4 is 4.74 Å².